The van der Waals surface area contributed by atoms with Gasteiger partial charge in [0.2, 0.25) is 0 Å². The quantitative estimate of drug-likeness (QED) is 0.454. The summed E-state index contributed by atoms with van der Waals surface area (Å²) in [5, 5.41) is 11.2. The van der Waals surface area contributed by atoms with E-state index in [-0.39, 0.29) is 27.2 Å². The Hall–Kier alpha value is -2.49. The highest BCUT2D eigenvalue weighted by atomic mass is 35.5. The van der Waals surface area contributed by atoms with E-state index >= 15 is 0 Å². The fourth-order valence-corrected chi connectivity index (χ4v) is 3.33. The molecule has 0 heterocycles. The molecule has 0 aliphatic carbocycles. The second-order valence-corrected chi connectivity index (χ2v) is 7.24. The maximum absolute atomic E-state index is 12.2. The lowest BCUT2D eigenvalue weighted by molar-refractivity contribution is -0.135. The fraction of sp³-hybridized carbons (Fsp3) is 0. The number of hydrogen-bond acceptors (Lipinski definition) is 6. The Morgan fingerprint density at radius 2 is 1.64 bits per heavy atom. The summed E-state index contributed by atoms with van der Waals surface area (Å²) in [4.78, 5) is 23.1. The highest BCUT2D eigenvalue weighted by Gasteiger charge is 2.24. The summed E-state index contributed by atoms with van der Waals surface area (Å²) in [6.45, 7) is 0. The largest absolute Gasteiger partial charge is 0.508 e. The van der Waals surface area contributed by atoms with Crippen molar-refractivity contribution in [3.05, 3.63) is 46.4 Å². The van der Waals surface area contributed by atoms with E-state index in [9.17, 15) is 23.1 Å². The van der Waals surface area contributed by atoms with E-state index in [2.05, 4.69) is 5.32 Å². The molecule has 132 valence electrons. The lowest BCUT2D eigenvalue weighted by atomic mass is 10.3. The maximum Gasteiger partial charge on any atom is 0.323 e. The van der Waals surface area contributed by atoms with Gasteiger partial charge in [-0.3, -0.25) is 9.59 Å². The van der Waals surface area contributed by atoms with Gasteiger partial charge in [-0.05, 0) is 24.3 Å². The molecule has 0 radical (unpaired) electrons. The zero-order valence-electron chi connectivity index (χ0n) is 12.3. The number of nitrogens with one attached hydrogen (secondary N) is 2. The van der Waals surface area contributed by atoms with Crippen molar-refractivity contribution in [2.24, 2.45) is 0 Å². The molecule has 0 aromatic heterocycles. The average Bonchev–Trinajstić information content (AvgIpc) is 2.51. The first-order chi connectivity index (χ1) is 11.6. The summed E-state index contributed by atoms with van der Waals surface area (Å²) < 4.78 is 25.9. The number of halogens is 2. The monoisotopic (exact) mass is 403 g/mol. The topological polar surface area (TPSA) is 139 Å². The van der Waals surface area contributed by atoms with Crippen molar-refractivity contribution in [1.29, 1.82) is 0 Å². The van der Waals surface area contributed by atoms with E-state index in [1.807, 2.05) is 0 Å². The number of phenols is 1. The Bertz CT molecular complexity index is 940. The van der Waals surface area contributed by atoms with Gasteiger partial charge in [0.25, 0.3) is 10.0 Å². The van der Waals surface area contributed by atoms with Crippen LogP contribution in [-0.4, -0.2) is 25.3 Å². The van der Waals surface area contributed by atoms with Crippen LogP contribution in [0.3, 0.4) is 0 Å². The third kappa shape index (κ3) is 4.53. The van der Waals surface area contributed by atoms with Crippen molar-refractivity contribution in [1.82, 2.24) is 4.72 Å². The van der Waals surface area contributed by atoms with Crippen LogP contribution in [0.1, 0.15) is 0 Å². The van der Waals surface area contributed by atoms with Crippen LogP contribution in [0.4, 0.5) is 11.4 Å². The second kappa shape index (κ2) is 7.18. The van der Waals surface area contributed by atoms with Gasteiger partial charge in [-0.25, -0.2) is 13.1 Å². The summed E-state index contributed by atoms with van der Waals surface area (Å²) in [7, 11) is -4.40. The number of aromatic hydroxyl groups is 1. The number of sulfonamides is 1. The van der Waals surface area contributed by atoms with Gasteiger partial charge in [0.15, 0.2) is 0 Å². The Morgan fingerprint density at radius 1 is 1.04 bits per heavy atom. The maximum atomic E-state index is 12.2. The minimum absolute atomic E-state index is 0.0183. The molecule has 0 atom stereocenters. The van der Waals surface area contributed by atoms with Gasteiger partial charge in [-0.15, -0.1) is 0 Å². The summed E-state index contributed by atoms with van der Waals surface area (Å²) >= 11 is 11.5. The number of phenolic OH excluding ortho intramolecular Hbond substituents is 1. The first-order valence-corrected chi connectivity index (χ1v) is 8.76. The van der Waals surface area contributed by atoms with Crippen molar-refractivity contribution >= 4 is 56.4 Å². The van der Waals surface area contributed by atoms with Crippen molar-refractivity contribution < 1.29 is 23.1 Å². The van der Waals surface area contributed by atoms with Crippen molar-refractivity contribution in [2.75, 3.05) is 11.1 Å². The van der Waals surface area contributed by atoms with Gasteiger partial charge in [0, 0.05) is 11.8 Å². The van der Waals surface area contributed by atoms with E-state index in [1.165, 1.54) is 24.3 Å². The summed E-state index contributed by atoms with van der Waals surface area (Å²) in [5.74, 6) is -2.83. The zero-order valence-corrected chi connectivity index (χ0v) is 14.6. The molecule has 0 aliphatic rings. The molecular formula is C14H11Cl2N3O5S. The Labute approximate surface area is 152 Å². The van der Waals surface area contributed by atoms with Gasteiger partial charge in [-0.1, -0.05) is 29.3 Å². The van der Waals surface area contributed by atoms with Gasteiger partial charge in [0.05, 0.1) is 20.6 Å². The Morgan fingerprint density at radius 3 is 2.20 bits per heavy atom. The molecule has 25 heavy (non-hydrogen) atoms. The number of nitrogens with two attached hydrogens (primary N) is 1. The normalized spacial score (nSPS) is 11.0. The zero-order chi connectivity index (χ0) is 18.8. The lowest BCUT2D eigenvalue weighted by Gasteiger charge is -2.09. The molecule has 0 saturated heterocycles. The number of carbonyl (C=O) groups is 2. The third-order valence-corrected chi connectivity index (χ3v) is 4.84. The van der Waals surface area contributed by atoms with E-state index < -0.39 is 26.7 Å². The number of carbonyl (C=O) groups excluding carboxylic acids is 2. The molecule has 0 aliphatic heterocycles. The molecular weight excluding hydrogens is 393 g/mol. The molecule has 2 amide bonds. The number of anilines is 2. The molecule has 2 rings (SSSR count). The van der Waals surface area contributed by atoms with E-state index in [0.717, 1.165) is 12.1 Å². The van der Waals surface area contributed by atoms with Crippen LogP contribution in [0.15, 0.2) is 41.3 Å². The van der Waals surface area contributed by atoms with Crippen LogP contribution in [0.5, 0.6) is 5.75 Å². The average molecular weight is 404 g/mol. The van der Waals surface area contributed by atoms with Crippen LogP contribution < -0.4 is 15.8 Å². The molecule has 0 unspecified atom stereocenters. The molecule has 0 saturated carbocycles. The highest BCUT2D eigenvalue weighted by molar-refractivity contribution is 7.90. The fourth-order valence-electron chi connectivity index (χ4n) is 1.72. The van der Waals surface area contributed by atoms with Crippen molar-refractivity contribution in [2.45, 2.75) is 4.90 Å². The minimum atomic E-state index is -4.40. The van der Waals surface area contributed by atoms with Crippen molar-refractivity contribution in [3.63, 3.8) is 0 Å². The molecule has 5 N–H and O–H groups in total. The van der Waals surface area contributed by atoms with Crippen molar-refractivity contribution in [3.8, 4) is 5.75 Å². The summed E-state index contributed by atoms with van der Waals surface area (Å²) in [5.41, 5.74) is 5.60. The van der Waals surface area contributed by atoms with Crippen LogP contribution in [-0.2, 0) is 19.6 Å². The number of hydrogen-bond donors (Lipinski definition) is 4. The molecule has 8 nitrogen and oxygen atoms in total. The van der Waals surface area contributed by atoms with Gasteiger partial charge in [0.1, 0.15) is 5.75 Å². The molecule has 0 bridgehead atoms. The number of benzene rings is 2. The van der Waals surface area contributed by atoms with Crippen LogP contribution >= 0.6 is 23.2 Å². The minimum Gasteiger partial charge on any atom is -0.508 e. The second-order valence-electron chi connectivity index (χ2n) is 4.74. The smallest absolute Gasteiger partial charge is 0.323 e. The third-order valence-electron chi connectivity index (χ3n) is 2.90. The number of amides is 2. The summed E-state index contributed by atoms with van der Waals surface area (Å²) in [6, 6.07) is 7.35. The highest BCUT2D eigenvalue weighted by Crippen LogP contribution is 2.30. The van der Waals surface area contributed by atoms with E-state index in [4.69, 9.17) is 28.9 Å². The number of nitrogen functional groups attached to an aromatic ring is 1. The van der Waals surface area contributed by atoms with E-state index in [1.54, 1.807) is 4.72 Å². The van der Waals surface area contributed by atoms with Crippen LogP contribution in [0.25, 0.3) is 0 Å². The van der Waals surface area contributed by atoms with E-state index in [0.29, 0.717) is 0 Å². The molecule has 11 heteroatoms. The number of rotatable bonds is 3. The van der Waals surface area contributed by atoms with Gasteiger partial charge in [-0.2, -0.15) is 0 Å². The first kappa shape index (κ1) is 18.8. The van der Waals surface area contributed by atoms with Crippen LogP contribution in [0.2, 0.25) is 10.0 Å². The van der Waals surface area contributed by atoms with Gasteiger partial charge < -0.3 is 16.2 Å². The Balaban J connectivity index is 2.17. The van der Waals surface area contributed by atoms with Crippen LogP contribution in [0, 0.1) is 0 Å². The molecule has 0 fully saturated rings. The molecule has 2 aromatic carbocycles. The molecule has 2 aromatic rings. The Kier molecular flexibility index (Phi) is 5.41. The molecule has 0 spiro atoms. The van der Waals surface area contributed by atoms with Gasteiger partial charge >= 0.3 is 11.8 Å². The summed E-state index contributed by atoms with van der Waals surface area (Å²) in [6.07, 6.45) is 0. The predicted octanol–water partition coefficient (Wildman–Crippen LogP) is 1.72. The first-order valence-electron chi connectivity index (χ1n) is 6.52. The standard InChI is InChI=1S/C14H11Cl2N3O5S/c15-10-5-9(6-11(16)12(10)17)25(23,24)19-14(22)13(21)18-7-2-1-3-8(20)4-7/h1-6,20H,17H2,(H,18,21)(H,19,22). The lowest BCUT2D eigenvalue weighted by Crippen LogP contribution is -2.39. The SMILES string of the molecule is Nc1c(Cl)cc(S(=O)(=O)NC(=O)C(=O)Nc2cccc(O)c2)cc1Cl. The predicted molar refractivity (Wildman–Crippen MR) is 92.9 cm³/mol.